The van der Waals surface area contributed by atoms with E-state index in [4.69, 9.17) is 4.74 Å². The van der Waals surface area contributed by atoms with Crippen LogP contribution < -0.4 is 4.74 Å². The number of Topliss-reactive ketones (excluding diaryl/α,β-unsaturated/α-hetero) is 1. The Labute approximate surface area is 149 Å². The molecule has 1 fully saturated rings. The van der Waals surface area contributed by atoms with Gasteiger partial charge in [0.05, 0.1) is 6.10 Å². The molecule has 0 unspecified atom stereocenters. The molecule has 4 atom stereocenters. The number of ether oxygens (including phenoxy) is 1. The molecule has 132 valence electrons. The van der Waals surface area contributed by atoms with Gasteiger partial charge in [0.2, 0.25) is 0 Å². The van der Waals surface area contributed by atoms with Crippen molar-refractivity contribution in [3.05, 3.63) is 48.2 Å². The van der Waals surface area contributed by atoms with Crippen molar-refractivity contribution < 1.29 is 24.9 Å². The van der Waals surface area contributed by atoms with Crippen LogP contribution in [-0.2, 0) is 0 Å². The van der Waals surface area contributed by atoms with Gasteiger partial charge in [-0.3, -0.25) is 9.78 Å². The van der Waals surface area contributed by atoms with Crippen molar-refractivity contribution in [1.82, 2.24) is 4.98 Å². The molecule has 7 heteroatoms. The molecule has 0 aliphatic carbocycles. The Kier molecular flexibility index (Phi) is 5.39. The highest BCUT2D eigenvalue weighted by Crippen LogP contribution is 2.34. The second kappa shape index (κ2) is 7.53. The smallest absolute Gasteiger partial charge is 0.173 e. The molecule has 1 aliphatic rings. The van der Waals surface area contributed by atoms with Crippen molar-refractivity contribution in [1.29, 1.82) is 0 Å². The third kappa shape index (κ3) is 3.85. The lowest BCUT2D eigenvalue weighted by Crippen LogP contribution is -2.50. The molecule has 1 aliphatic heterocycles. The molecule has 2 aromatic rings. The summed E-state index contributed by atoms with van der Waals surface area (Å²) in [6.07, 6.45) is -1.84. The van der Waals surface area contributed by atoms with Crippen molar-refractivity contribution in [2.75, 3.05) is 5.75 Å². The van der Waals surface area contributed by atoms with Crippen molar-refractivity contribution in [3.8, 4) is 17.0 Å². The summed E-state index contributed by atoms with van der Waals surface area (Å²) >= 11 is 1.23. The average Bonchev–Trinajstić information content (AvgIpc) is 2.63. The topological polar surface area (TPSA) is 99.9 Å². The van der Waals surface area contributed by atoms with Gasteiger partial charge in [-0.25, -0.2) is 0 Å². The first kappa shape index (κ1) is 17.9. The van der Waals surface area contributed by atoms with E-state index in [0.717, 1.165) is 5.56 Å². The Balaban J connectivity index is 1.89. The lowest BCUT2D eigenvalue weighted by atomic mass is 10.0. The van der Waals surface area contributed by atoms with Gasteiger partial charge in [0.25, 0.3) is 0 Å². The van der Waals surface area contributed by atoms with E-state index in [2.05, 4.69) is 4.98 Å². The molecule has 6 nitrogen and oxygen atoms in total. The number of ketones is 1. The number of pyridine rings is 1. The quantitative estimate of drug-likeness (QED) is 0.709. The molecule has 0 saturated carbocycles. The second-order valence-electron chi connectivity index (χ2n) is 5.86. The number of benzene rings is 1. The van der Waals surface area contributed by atoms with Crippen LogP contribution in [0.3, 0.4) is 0 Å². The van der Waals surface area contributed by atoms with Crippen LogP contribution in [0.25, 0.3) is 11.3 Å². The number of aromatic nitrogens is 1. The van der Waals surface area contributed by atoms with Crippen LogP contribution in [0, 0.1) is 0 Å². The summed E-state index contributed by atoms with van der Waals surface area (Å²) in [5, 5.41) is 29.6. The third-order valence-electron chi connectivity index (χ3n) is 4.01. The standard InChI is InChI=1S/C18H19NO5S/c1-10(20)11-4-2-5-12(8-11)15-14(6-3-7-19-15)24-18-17(23)16(22)13(21)9-25-18/h2-8,13,16-18,21-23H,9H2,1H3/t13-,16+,17-,18-/m1/s1. The Morgan fingerprint density at radius 1 is 1.20 bits per heavy atom. The maximum absolute atomic E-state index is 11.6. The second-order valence-corrected chi connectivity index (χ2v) is 6.99. The molecular weight excluding hydrogens is 342 g/mol. The summed E-state index contributed by atoms with van der Waals surface area (Å²) in [6, 6.07) is 10.5. The molecule has 1 aromatic heterocycles. The number of carbonyl (C=O) groups excluding carboxylic acids is 1. The zero-order chi connectivity index (χ0) is 18.0. The first-order valence-corrected chi connectivity index (χ1v) is 8.91. The highest BCUT2D eigenvalue weighted by molar-refractivity contribution is 7.99. The summed E-state index contributed by atoms with van der Waals surface area (Å²) in [5.41, 5.74) is 1.11. The summed E-state index contributed by atoms with van der Waals surface area (Å²) in [6.45, 7) is 1.50. The van der Waals surface area contributed by atoms with Crippen LogP contribution in [0.2, 0.25) is 0 Å². The van der Waals surface area contributed by atoms with E-state index < -0.39 is 23.7 Å². The van der Waals surface area contributed by atoms with Crippen LogP contribution >= 0.6 is 11.8 Å². The number of aliphatic hydroxyl groups excluding tert-OH is 3. The van der Waals surface area contributed by atoms with E-state index in [0.29, 0.717) is 17.0 Å². The predicted molar refractivity (Wildman–Crippen MR) is 94.6 cm³/mol. The van der Waals surface area contributed by atoms with Crippen LogP contribution in [-0.4, -0.2) is 55.6 Å². The Morgan fingerprint density at radius 3 is 2.76 bits per heavy atom. The van der Waals surface area contributed by atoms with Gasteiger partial charge in [0.1, 0.15) is 23.7 Å². The first-order valence-electron chi connectivity index (χ1n) is 7.86. The largest absolute Gasteiger partial charge is 0.475 e. The highest BCUT2D eigenvalue weighted by atomic mass is 32.2. The molecule has 0 amide bonds. The van der Waals surface area contributed by atoms with Crippen LogP contribution in [0.5, 0.6) is 5.75 Å². The first-order chi connectivity index (χ1) is 12.0. The molecule has 0 spiro atoms. The molecule has 0 radical (unpaired) electrons. The zero-order valence-corrected chi connectivity index (χ0v) is 14.4. The summed E-state index contributed by atoms with van der Waals surface area (Å²) in [4.78, 5) is 15.9. The van der Waals surface area contributed by atoms with Crippen molar-refractivity contribution in [2.45, 2.75) is 30.7 Å². The van der Waals surface area contributed by atoms with Gasteiger partial charge in [-0.2, -0.15) is 0 Å². The van der Waals surface area contributed by atoms with Crippen LogP contribution in [0.4, 0.5) is 0 Å². The fourth-order valence-electron chi connectivity index (χ4n) is 2.60. The number of nitrogens with zero attached hydrogens (tertiary/aromatic N) is 1. The minimum absolute atomic E-state index is 0.0457. The number of hydrogen-bond acceptors (Lipinski definition) is 7. The van der Waals surface area contributed by atoms with Gasteiger partial charge in [-0.1, -0.05) is 18.2 Å². The summed E-state index contributed by atoms with van der Waals surface area (Å²) in [5.74, 6) is 0.650. The molecule has 0 bridgehead atoms. The normalized spacial score (nSPS) is 26.2. The summed E-state index contributed by atoms with van der Waals surface area (Å²) < 4.78 is 5.87. The SMILES string of the molecule is CC(=O)c1cccc(-c2ncccc2O[C@@H]2SC[C@@H](O)[C@H](O)[C@H]2O)c1. The monoisotopic (exact) mass is 361 g/mol. The Hall–Kier alpha value is -1.93. The van der Waals surface area contributed by atoms with E-state index in [1.54, 1.807) is 36.5 Å². The number of aliphatic hydroxyl groups is 3. The minimum Gasteiger partial charge on any atom is -0.475 e. The average molecular weight is 361 g/mol. The van der Waals surface area contributed by atoms with Gasteiger partial charge in [-0.15, -0.1) is 11.8 Å². The molecule has 3 rings (SSSR count). The maximum Gasteiger partial charge on any atom is 0.173 e. The fraction of sp³-hybridized carbons (Fsp3) is 0.333. The highest BCUT2D eigenvalue weighted by Gasteiger charge is 2.38. The lowest BCUT2D eigenvalue weighted by molar-refractivity contribution is -0.0785. The molecule has 25 heavy (non-hydrogen) atoms. The van der Waals surface area contributed by atoms with Gasteiger partial charge < -0.3 is 20.1 Å². The van der Waals surface area contributed by atoms with Crippen LogP contribution in [0.1, 0.15) is 17.3 Å². The Bertz CT molecular complexity index is 769. The van der Waals surface area contributed by atoms with Crippen molar-refractivity contribution >= 4 is 17.5 Å². The van der Waals surface area contributed by atoms with Gasteiger partial charge >= 0.3 is 0 Å². The number of thioether (sulfide) groups is 1. The summed E-state index contributed by atoms with van der Waals surface area (Å²) in [7, 11) is 0. The van der Waals surface area contributed by atoms with E-state index >= 15 is 0 Å². The minimum atomic E-state index is -1.26. The van der Waals surface area contributed by atoms with E-state index in [1.807, 2.05) is 6.07 Å². The number of hydrogen-bond donors (Lipinski definition) is 3. The predicted octanol–water partition coefficient (Wildman–Crippen LogP) is 1.49. The third-order valence-corrected chi connectivity index (χ3v) is 5.25. The number of rotatable bonds is 4. The van der Waals surface area contributed by atoms with Gasteiger partial charge in [-0.05, 0) is 25.1 Å². The Morgan fingerprint density at radius 2 is 2.00 bits per heavy atom. The van der Waals surface area contributed by atoms with Crippen LogP contribution in [0.15, 0.2) is 42.6 Å². The maximum atomic E-state index is 11.6. The molecular formula is C18H19NO5S. The molecule has 1 aromatic carbocycles. The van der Waals surface area contributed by atoms with E-state index in [9.17, 15) is 20.1 Å². The van der Waals surface area contributed by atoms with E-state index in [-0.39, 0.29) is 11.5 Å². The zero-order valence-electron chi connectivity index (χ0n) is 13.6. The van der Waals surface area contributed by atoms with E-state index in [1.165, 1.54) is 18.7 Å². The number of carbonyl (C=O) groups is 1. The van der Waals surface area contributed by atoms with Gasteiger partial charge in [0, 0.05) is 23.1 Å². The lowest BCUT2D eigenvalue weighted by Gasteiger charge is -2.34. The fourth-order valence-corrected chi connectivity index (χ4v) is 3.71. The molecule has 1 saturated heterocycles. The van der Waals surface area contributed by atoms with Crippen molar-refractivity contribution in [2.24, 2.45) is 0 Å². The molecule has 3 N–H and O–H groups in total. The van der Waals surface area contributed by atoms with Gasteiger partial charge in [0.15, 0.2) is 11.2 Å². The molecule has 2 heterocycles. The van der Waals surface area contributed by atoms with Crippen molar-refractivity contribution in [3.63, 3.8) is 0 Å².